The number of nitrogens with zero attached hydrogens (tertiary/aromatic N) is 1. The van der Waals surface area contributed by atoms with Crippen molar-refractivity contribution in [3.8, 4) is 5.75 Å². The smallest absolute Gasteiger partial charge is 0.416 e. The normalized spacial score (nSPS) is 12.1. The van der Waals surface area contributed by atoms with Crippen LogP contribution >= 0.6 is 0 Å². The molecule has 0 fully saturated rings. The van der Waals surface area contributed by atoms with Gasteiger partial charge in [0.1, 0.15) is 12.4 Å². The zero-order chi connectivity index (χ0) is 27.3. The van der Waals surface area contributed by atoms with Crippen LogP contribution in [0.3, 0.4) is 0 Å². The highest BCUT2D eigenvalue weighted by Crippen LogP contribution is 2.30. The second-order valence-corrected chi connectivity index (χ2v) is 8.54. The number of alkyl halides is 3. The fourth-order valence-electron chi connectivity index (χ4n) is 3.65. The van der Waals surface area contributed by atoms with E-state index < -0.39 is 29.8 Å². The molecule has 2 amide bonds. The monoisotopic (exact) mass is 524 g/mol. The van der Waals surface area contributed by atoms with E-state index in [-0.39, 0.29) is 25.3 Å². The molecule has 7 nitrogen and oxygen atoms in total. The van der Waals surface area contributed by atoms with Crippen LogP contribution in [0.15, 0.2) is 48.5 Å². The van der Waals surface area contributed by atoms with E-state index in [1.54, 1.807) is 31.2 Å². The van der Waals surface area contributed by atoms with E-state index >= 15 is 0 Å². The lowest BCUT2D eigenvalue weighted by atomic mass is 10.1. The maximum atomic E-state index is 13.0. The van der Waals surface area contributed by atoms with Gasteiger partial charge in [-0.2, -0.15) is 13.2 Å². The largest absolute Gasteiger partial charge is 0.492 e. The molecule has 2 aromatic carbocycles. The Balaban J connectivity index is 1.96. The summed E-state index contributed by atoms with van der Waals surface area (Å²) in [5.41, 5.74) is 0.0235. The maximum Gasteiger partial charge on any atom is 0.416 e. The van der Waals surface area contributed by atoms with E-state index in [1.165, 1.54) is 17.0 Å². The Bertz CT molecular complexity index is 983. The number of benzene rings is 2. The standard InChI is InChI=1S/C27H35F3N2O5/c1-3-5-6-7-15-32(26(35)31-22-10-8-9-21(19-22)27(28,29)30)16-17-37-23-13-11-20(12-14-23)18-24(25(33)34)36-4-2/h8-14,19,24H,3-7,15-18H2,1-2H3,(H,31,35)(H,33,34). The van der Waals surface area contributed by atoms with Crippen LogP contribution in [0.5, 0.6) is 5.75 Å². The van der Waals surface area contributed by atoms with Crippen molar-refractivity contribution in [1.82, 2.24) is 4.90 Å². The number of hydrogen-bond donors (Lipinski definition) is 2. The van der Waals surface area contributed by atoms with E-state index in [1.807, 2.05) is 0 Å². The van der Waals surface area contributed by atoms with Crippen molar-refractivity contribution in [2.75, 3.05) is 31.6 Å². The van der Waals surface area contributed by atoms with Crippen LogP contribution in [0.2, 0.25) is 0 Å². The van der Waals surface area contributed by atoms with Crippen molar-refractivity contribution >= 4 is 17.7 Å². The van der Waals surface area contributed by atoms with Gasteiger partial charge in [0.15, 0.2) is 6.10 Å². The number of rotatable bonds is 15. The average Bonchev–Trinajstić information content (AvgIpc) is 2.85. The van der Waals surface area contributed by atoms with Gasteiger partial charge in [0.25, 0.3) is 0 Å². The molecule has 2 rings (SSSR count). The van der Waals surface area contributed by atoms with Crippen molar-refractivity contribution < 1.29 is 37.3 Å². The molecule has 10 heteroatoms. The number of carboxylic acids is 1. The van der Waals surface area contributed by atoms with Gasteiger partial charge in [-0.15, -0.1) is 0 Å². The predicted molar refractivity (Wildman–Crippen MR) is 135 cm³/mol. The molecule has 2 aromatic rings. The Morgan fingerprint density at radius 2 is 1.76 bits per heavy atom. The SMILES string of the molecule is CCCCCCN(CCOc1ccc(CC(OCC)C(=O)O)cc1)C(=O)Nc1cccc(C(F)(F)F)c1. The number of carbonyl (C=O) groups is 2. The van der Waals surface area contributed by atoms with Crippen LogP contribution in [-0.2, 0) is 22.1 Å². The number of hydrogen-bond acceptors (Lipinski definition) is 4. The lowest BCUT2D eigenvalue weighted by Crippen LogP contribution is -2.38. The molecular formula is C27H35F3N2O5. The van der Waals surface area contributed by atoms with Crippen molar-refractivity contribution in [2.45, 2.75) is 58.2 Å². The van der Waals surface area contributed by atoms with E-state index in [0.29, 0.717) is 18.9 Å². The first kappa shape index (κ1) is 30.0. The average molecular weight is 525 g/mol. The molecule has 0 saturated heterocycles. The summed E-state index contributed by atoms with van der Waals surface area (Å²) < 4.78 is 50.0. The van der Waals surface area contributed by atoms with Crippen LogP contribution in [-0.4, -0.2) is 54.4 Å². The number of aliphatic carboxylic acids is 1. The van der Waals surface area contributed by atoms with Crippen LogP contribution in [0.4, 0.5) is 23.7 Å². The van der Waals surface area contributed by atoms with Gasteiger partial charge < -0.3 is 24.8 Å². The van der Waals surface area contributed by atoms with E-state index in [2.05, 4.69) is 12.2 Å². The Morgan fingerprint density at radius 3 is 2.38 bits per heavy atom. The summed E-state index contributed by atoms with van der Waals surface area (Å²) in [7, 11) is 0. The summed E-state index contributed by atoms with van der Waals surface area (Å²) in [6.45, 7) is 4.98. The van der Waals surface area contributed by atoms with Gasteiger partial charge in [-0.3, -0.25) is 0 Å². The molecule has 0 aromatic heterocycles. The van der Waals surface area contributed by atoms with Gasteiger partial charge >= 0.3 is 18.2 Å². The number of urea groups is 1. The highest BCUT2D eigenvalue weighted by molar-refractivity contribution is 5.89. The molecule has 0 spiro atoms. The van der Waals surface area contributed by atoms with Gasteiger partial charge in [0.05, 0.1) is 12.1 Å². The predicted octanol–water partition coefficient (Wildman–Crippen LogP) is 6.23. The summed E-state index contributed by atoms with van der Waals surface area (Å²) in [4.78, 5) is 25.7. The molecule has 0 saturated carbocycles. The Hall–Kier alpha value is -3.27. The molecule has 0 aliphatic heterocycles. The van der Waals surface area contributed by atoms with Gasteiger partial charge in [0, 0.05) is 25.3 Å². The van der Waals surface area contributed by atoms with Gasteiger partial charge in [-0.1, -0.05) is 44.4 Å². The zero-order valence-corrected chi connectivity index (χ0v) is 21.2. The Morgan fingerprint density at radius 1 is 1.03 bits per heavy atom. The number of ether oxygens (including phenoxy) is 2. The highest BCUT2D eigenvalue weighted by Gasteiger charge is 2.30. The number of carboxylic acid groups (broad SMARTS) is 1. The fourth-order valence-corrected chi connectivity index (χ4v) is 3.65. The van der Waals surface area contributed by atoms with Crippen molar-refractivity contribution in [2.24, 2.45) is 0 Å². The maximum absolute atomic E-state index is 13.0. The van der Waals surface area contributed by atoms with Gasteiger partial charge in [-0.05, 0) is 49.2 Å². The van der Waals surface area contributed by atoms with Crippen LogP contribution in [0.25, 0.3) is 0 Å². The molecule has 37 heavy (non-hydrogen) atoms. The first-order chi connectivity index (χ1) is 17.6. The van der Waals surface area contributed by atoms with Crippen LogP contribution < -0.4 is 10.1 Å². The Labute approximate surface area is 215 Å². The summed E-state index contributed by atoms with van der Waals surface area (Å²) in [5.74, 6) is -0.471. The van der Waals surface area contributed by atoms with E-state index in [0.717, 1.165) is 43.4 Å². The second kappa shape index (κ2) is 15.1. The number of nitrogens with one attached hydrogen (secondary N) is 1. The number of anilines is 1. The molecule has 0 bridgehead atoms. The Kier molecular flexibility index (Phi) is 12.2. The number of unbranched alkanes of at least 4 members (excludes halogenated alkanes) is 3. The third kappa shape index (κ3) is 10.7. The van der Waals surface area contributed by atoms with Crippen LogP contribution in [0.1, 0.15) is 50.7 Å². The minimum atomic E-state index is -4.50. The molecule has 204 valence electrons. The third-order valence-electron chi connectivity index (χ3n) is 5.63. The third-order valence-corrected chi connectivity index (χ3v) is 5.63. The first-order valence-electron chi connectivity index (χ1n) is 12.4. The highest BCUT2D eigenvalue weighted by atomic mass is 19.4. The van der Waals surface area contributed by atoms with E-state index in [4.69, 9.17) is 9.47 Å². The van der Waals surface area contributed by atoms with Crippen molar-refractivity contribution in [3.63, 3.8) is 0 Å². The molecular weight excluding hydrogens is 489 g/mol. The topological polar surface area (TPSA) is 88.1 Å². The molecule has 0 heterocycles. The van der Waals surface area contributed by atoms with Crippen molar-refractivity contribution in [1.29, 1.82) is 0 Å². The molecule has 2 N–H and O–H groups in total. The minimum Gasteiger partial charge on any atom is -0.492 e. The molecule has 0 radical (unpaired) electrons. The quantitative estimate of drug-likeness (QED) is 0.270. The number of halogens is 3. The van der Waals surface area contributed by atoms with Crippen LogP contribution in [0, 0.1) is 0 Å². The fraction of sp³-hybridized carbons (Fsp3) is 0.481. The summed E-state index contributed by atoms with van der Waals surface area (Å²) in [6, 6.07) is 11.0. The molecule has 0 aliphatic rings. The number of carbonyl (C=O) groups excluding carboxylic acids is 1. The molecule has 1 atom stereocenters. The summed E-state index contributed by atoms with van der Waals surface area (Å²) in [5, 5.41) is 11.8. The molecule has 1 unspecified atom stereocenters. The minimum absolute atomic E-state index is 0.0709. The zero-order valence-electron chi connectivity index (χ0n) is 21.2. The van der Waals surface area contributed by atoms with Gasteiger partial charge in [0.2, 0.25) is 0 Å². The molecule has 0 aliphatic carbocycles. The summed E-state index contributed by atoms with van der Waals surface area (Å²) >= 11 is 0. The summed E-state index contributed by atoms with van der Waals surface area (Å²) in [6.07, 6.45) is -1.43. The lowest BCUT2D eigenvalue weighted by Gasteiger charge is -2.23. The number of amides is 2. The van der Waals surface area contributed by atoms with Crippen molar-refractivity contribution in [3.05, 3.63) is 59.7 Å². The first-order valence-corrected chi connectivity index (χ1v) is 12.4. The second-order valence-electron chi connectivity index (χ2n) is 8.54. The lowest BCUT2D eigenvalue weighted by molar-refractivity contribution is -0.150. The van der Waals surface area contributed by atoms with Gasteiger partial charge in [-0.25, -0.2) is 9.59 Å². The van der Waals surface area contributed by atoms with E-state index in [9.17, 15) is 27.9 Å².